The lowest BCUT2D eigenvalue weighted by molar-refractivity contribution is -0.115. The highest BCUT2D eigenvalue weighted by Crippen LogP contribution is 2.33. The first-order chi connectivity index (χ1) is 16.3. The molecule has 34 heavy (non-hydrogen) atoms. The molecule has 174 valence electrons. The summed E-state index contributed by atoms with van der Waals surface area (Å²) in [6, 6.07) is 15.7. The van der Waals surface area contributed by atoms with E-state index in [9.17, 15) is 9.59 Å². The Morgan fingerprint density at radius 1 is 0.765 bits per heavy atom. The third kappa shape index (κ3) is 6.20. The Hall–Kier alpha value is -2.35. The first-order valence-electron chi connectivity index (χ1n) is 9.81. The number of carbonyl (C=O) groups excluding carboxylic acids is 2. The average molecular weight is 555 g/mol. The summed E-state index contributed by atoms with van der Waals surface area (Å²) < 4.78 is 11.9. The Morgan fingerprint density at radius 2 is 1.38 bits per heavy atom. The van der Waals surface area contributed by atoms with Crippen molar-refractivity contribution in [1.29, 1.82) is 0 Å². The molecule has 1 aliphatic heterocycles. The molecule has 0 unspecified atom stereocenters. The van der Waals surface area contributed by atoms with Gasteiger partial charge in [0.25, 0.3) is 11.1 Å². The van der Waals surface area contributed by atoms with Crippen LogP contribution in [0.3, 0.4) is 0 Å². The minimum absolute atomic E-state index is 0.196. The van der Waals surface area contributed by atoms with Crippen LogP contribution in [0, 0.1) is 0 Å². The van der Waals surface area contributed by atoms with E-state index in [-0.39, 0.29) is 18.1 Å². The number of imide groups is 1. The number of rotatable bonds is 7. The molecular weight excluding hydrogens is 540 g/mol. The first kappa shape index (κ1) is 24.8. The van der Waals surface area contributed by atoms with E-state index in [4.69, 9.17) is 55.9 Å². The van der Waals surface area contributed by atoms with Crippen LogP contribution >= 0.6 is 58.2 Å². The van der Waals surface area contributed by atoms with Crippen molar-refractivity contribution in [3.8, 4) is 11.5 Å². The summed E-state index contributed by atoms with van der Waals surface area (Å²) in [5, 5.41) is 3.59. The number of hydrogen-bond donors (Lipinski definition) is 1. The van der Waals surface area contributed by atoms with Crippen LogP contribution < -0.4 is 14.8 Å². The van der Waals surface area contributed by atoms with E-state index in [2.05, 4.69) is 5.32 Å². The molecular formula is C24H15Cl4NO4S. The number of halogens is 4. The summed E-state index contributed by atoms with van der Waals surface area (Å²) in [6.45, 7) is 0.456. The maximum absolute atomic E-state index is 12.0. The van der Waals surface area contributed by atoms with Crippen LogP contribution in [0.5, 0.6) is 11.5 Å². The van der Waals surface area contributed by atoms with Gasteiger partial charge >= 0.3 is 0 Å². The Kier molecular flexibility index (Phi) is 7.96. The summed E-state index contributed by atoms with van der Waals surface area (Å²) in [5.41, 5.74) is 2.25. The number of thioether (sulfide) groups is 1. The fraction of sp³-hybridized carbons (Fsp3) is 0.0833. The largest absolute Gasteiger partial charge is 0.489 e. The normalized spacial score (nSPS) is 14.4. The summed E-state index contributed by atoms with van der Waals surface area (Å²) in [4.78, 5) is 23.8. The van der Waals surface area contributed by atoms with Crippen LogP contribution in [0.15, 0.2) is 59.5 Å². The van der Waals surface area contributed by atoms with Gasteiger partial charge in [-0.1, -0.05) is 58.5 Å². The van der Waals surface area contributed by atoms with E-state index in [0.29, 0.717) is 37.2 Å². The molecule has 1 heterocycles. The molecule has 3 aromatic rings. The molecule has 0 saturated carbocycles. The van der Waals surface area contributed by atoms with Crippen LogP contribution in [0.4, 0.5) is 4.79 Å². The lowest BCUT2D eigenvalue weighted by Gasteiger charge is -2.13. The van der Waals surface area contributed by atoms with Crippen LogP contribution in [0.2, 0.25) is 20.1 Å². The quantitative estimate of drug-likeness (QED) is 0.302. The minimum Gasteiger partial charge on any atom is -0.489 e. The summed E-state index contributed by atoms with van der Waals surface area (Å²) in [5.74, 6) is 0.542. The second kappa shape index (κ2) is 10.9. The maximum atomic E-state index is 12.0. The van der Waals surface area contributed by atoms with E-state index in [1.54, 1.807) is 54.6 Å². The van der Waals surface area contributed by atoms with Crippen LogP contribution in [0.25, 0.3) is 6.08 Å². The number of carbonyl (C=O) groups is 2. The number of benzene rings is 3. The van der Waals surface area contributed by atoms with Gasteiger partial charge in [-0.3, -0.25) is 14.9 Å². The second-order valence-corrected chi connectivity index (χ2v) is 9.77. The molecule has 0 aliphatic carbocycles. The SMILES string of the molecule is O=C1NC(=O)/C(=C/c2ccc(OCc3ccc(Cl)c(Cl)c3)cc2OCc2ccc(Cl)c(Cl)c2)S1. The van der Waals surface area contributed by atoms with Crippen LogP contribution in [-0.4, -0.2) is 11.1 Å². The molecule has 0 radical (unpaired) electrons. The predicted octanol–water partition coefficient (Wildman–Crippen LogP) is 7.78. The highest BCUT2D eigenvalue weighted by atomic mass is 35.5. The molecule has 0 atom stereocenters. The Morgan fingerprint density at radius 3 is 1.94 bits per heavy atom. The van der Waals surface area contributed by atoms with Crippen molar-refractivity contribution in [3.63, 3.8) is 0 Å². The van der Waals surface area contributed by atoms with E-state index in [1.165, 1.54) is 0 Å². The Balaban J connectivity index is 1.58. The van der Waals surface area contributed by atoms with Gasteiger partial charge in [0.05, 0.1) is 25.0 Å². The van der Waals surface area contributed by atoms with Crippen molar-refractivity contribution in [2.45, 2.75) is 13.2 Å². The van der Waals surface area contributed by atoms with Crippen molar-refractivity contribution < 1.29 is 19.1 Å². The summed E-state index contributed by atoms with van der Waals surface area (Å²) >= 11 is 25.0. The maximum Gasteiger partial charge on any atom is 0.290 e. The van der Waals surface area contributed by atoms with Gasteiger partial charge in [0.15, 0.2) is 0 Å². The number of nitrogens with one attached hydrogen (secondary N) is 1. The van der Waals surface area contributed by atoms with Gasteiger partial charge in [-0.2, -0.15) is 0 Å². The highest BCUT2D eigenvalue weighted by Gasteiger charge is 2.25. The zero-order valence-electron chi connectivity index (χ0n) is 17.2. The van der Waals surface area contributed by atoms with Gasteiger partial charge < -0.3 is 9.47 Å². The third-order valence-corrected chi connectivity index (χ3v) is 6.97. The van der Waals surface area contributed by atoms with Gasteiger partial charge in [0, 0.05) is 11.6 Å². The molecule has 4 rings (SSSR count). The van der Waals surface area contributed by atoms with E-state index >= 15 is 0 Å². The lowest BCUT2D eigenvalue weighted by Crippen LogP contribution is -2.17. The van der Waals surface area contributed by atoms with Gasteiger partial charge in [0.2, 0.25) is 0 Å². The summed E-state index contributed by atoms with van der Waals surface area (Å²) in [6.07, 6.45) is 1.60. The van der Waals surface area contributed by atoms with Gasteiger partial charge in [-0.25, -0.2) is 0 Å². The van der Waals surface area contributed by atoms with Gasteiger partial charge in [-0.15, -0.1) is 0 Å². The molecule has 0 aromatic heterocycles. The predicted molar refractivity (Wildman–Crippen MR) is 137 cm³/mol. The molecule has 1 fully saturated rings. The second-order valence-electron chi connectivity index (χ2n) is 7.13. The van der Waals surface area contributed by atoms with Crippen molar-refractivity contribution >= 4 is 75.4 Å². The van der Waals surface area contributed by atoms with Crippen molar-refractivity contribution in [2.75, 3.05) is 0 Å². The molecule has 10 heteroatoms. The Labute approximate surface area is 219 Å². The van der Waals surface area contributed by atoms with E-state index in [1.807, 2.05) is 6.07 Å². The molecule has 1 aliphatic rings. The average Bonchev–Trinajstić information content (AvgIpc) is 3.13. The monoisotopic (exact) mass is 553 g/mol. The molecule has 1 N–H and O–H groups in total. The zero-order valence-corrected chi connectivity index (χ0v) is 21.1. The van der Waals surface area contributed by atoms with E-state index in [0.717, 1.165) is 22.9 Å². The number of ether oxygens (including phenoxy) is 2. The van der Waals surface area contributed by atoms with Crippen molar-refractivity contribution in [2.24, 2.45) is 0 Å². The standard InChI is InChI=1S/C24H15Cl4NO4S/c25-17-5-1-13(7-19(17)27)11-32-16-4-3-15(9-22-23(30)29-24(31)34-22)21(10-16)33-12-14-2-6-18(26)20(28)8-14/h1-10H,11-12H2,(H,29,30,31)/b22-9-. The van der Waals surface area contributed by atoms with Crippen LogP contribution in [0.1, 0.15) is 16.7 Å². The van der Waals surface area contributed by atoms with E-state index < -0.39 is 11.1 Å². The highest BCUT2D eigenvalue weighted by molar-refractivity contribution is 8.18. The fourth-order valence-corrected chi connectivity index (χ4v) is 4.31. The molecule has 5 nitrogen and oxygen atoms in total. The number of hydrogen-bond acceptors (Lipinski definition) is 5. The third-order valence-electron chi connectivity index (χ3n) is 4.68. The molecule has 3 aromatic carbocycles. The smallest absolute Gasteiger partial charge is 0.290 e. The zero-order chi connectivity index (χ0) is 24.2. The fourth-order valence-electron chi connectivity index (χ4n) is 3.00. The minimum atomic E-state index is -0.453. The molecule has 0 spiro atoms. The number of amides is 2. The summed E-state index contributed by atoms with van der Waals surface area (Å²) in [7, 11) is 0. The Bertz CT molecular complexity index is 1310. The lowest BCUT2D eigenvalue weighted by atomic mass is 10.1. The topological polar surface area (TPSA) is 64.6 Å². The first-order valence-corrected chi connectivity index (χ1v) is 12.1. The van der Waals surface area contributed by atoms with Gasteiger partial charge in [0.1, 0.15) is 24.7 Å². The van der Waals surface area contributed by atoms with Gasteiger partial charge in [-0.05, 0) is 65.4 Å². The van der Waals surface area contributed by atoms with Crippen molar-refractivity contribution in [1.82, 2.24) is 5.32 Å². The molecule has 1 saturated heterocycles. The molecule has 2 amide bonds. The van der Waals surface area contributed by atoms with Crippen LogP contribution in [-0.2, 0) is 18.0 Å². The molecule has 0 bridgehead atoms. The van der Waals surface area contributed by atoms with Crippen molar-refractivity contribution in [3.05, 3.63) is 96.3 Å².